The van der Waals surface area contributed by atoms with Crippen molar-refractivity contribution in [3.63, 3.8) is 0 Å². The predicted octanol–water partition coefficient (Wildman–Crippen LogP) is 25.1. The summed E-state index contributed by atoms with van der Waals surface area (Å²) in [5.74, 6) is -25.4. The predicted molar refractivity (Wildman–Crippen MR) is 474 cm³/mol. The first kappa shape index (κ1) is 117. The summed E-state index contributed by atoms with van der Waals surface area (Å²) < 4.78 is 143. The second kappa shape index (κ2) is 40.9. The summed E-state index contributed by atoms with van der Waals surface area (Å²) in [4.78, 5) is 139. The van der Waals surface area contributed by atoms with Gasteiger partial charge in [0.25, 0.3) is 23.6 Å². The summed E-state index contributed by atoms with van der Waals surface area (Å²) in [6, 6.07) is 0. The van der Waals surface area contributed by atoms with E-state index in [0.29, 0.717) is 47.6 Å². The van der Waals surface area contributed by atoms with Crippen molar-refractivity contribution in [1.29, 1.82) is 0 Å². The number of cyclic esters (lactones) is 2. The molecular weight excluding hydrogens is 1660 g/mol. The Morgan fingerprint density at radius 3 is 0.937 bits per heavy atom. The minimum absolute atomic E-state index is 0.0280. The fourth-order valence-corrected chi connectivity index (χ4v) is 14.2. The number of rotatable bonds is 16. The molecule has 2 fully saturated rings. The zero-order valence-corrected chi connectivity index (χ0v) is 85.0. The molecule has 29 heteroatoms. The van der Waals surface area contributed by atoms with Crippen LogP contribution in [0.25, 0.3) is 0 Å². The second-order valence-electron chi connectivity index (χ2n) is 49.6. The first-order chi connectivity index (χ1) is 55.9. The summed E-state index contributed by atoms with van der Waals surface area (Å²) in [5.41, 5.74) is -6.77. The van der Waals surface area contributed by atoms with E-state index in [2.05, 4.69) is 126 Å². The smallest absolute Gasteiger partial charge is 0.340 e. The van der Waals surface area contributed by atoms with E-state index in [1.54, 1.807) is 62.3 Å². The number of ether oxygens (including phenoxy) is 4. The maximum Gasteiger partial charge on any atom is 0.340 e. The molecule has 2 saturated heterocycles. The van der Waals surface area contributed by atoms with Crippen molar-refractivity contribution in [2.45, 2.75) is 380 Å². The number of hydrogen-bond donors (Lipinski definition) is 0. The highest BCUT2D eigenvalue weighted by atomic mass is 19.2. The summed E-state index contributed by atoms with van der Waals surface area (Å²) >= 11 is 0. The monoisotopic (exact) mass is 1820 g/mol. The van der Waals surface area contributed by atoms with E-state index in [4.69, 9.17) is 23.9 Å². The van der Waals surface area contributed by atoms with E-state index in [-0.39, 0.29) is 109 Å². The average Bonchev–Trinajstić information content (AvgIpc) is 1.02. The highest BCUT2D eigenvalue weighted by molar-refractivity contribution is 6.04. The van der Waals surface area contributed by atoms with Crippen molar-refractivity contribution < 1.29 is 116 Å². The van der Waals surface area contributed by atoms with Gasteiger partial charge in [-0.3, -0.25) is 28.8 Å². The molecule has 0 bridgehead atoms. The molecule has 2 aromatic rings. The molecule has 4 aliphatic rings. The number of carbonyl (C=O) groups excluding carboxylic acids is 10. The Balaban J connectivity index is 0.000000765. The normalized spacial score (nSPS) is 18.2. The minimum atomic E-state index is -2.30. The molecule has 4 aliphatic heterocycles. The first-order valence-electron chi connectivity index (χ1n) is 43.5. The molecule has 0 saturated carbocycles. The van der Waals surface area contributed by atoms with E-state index in [1.165, 1.54) is 0 Å². The van der Waals surface area contributed by atoms with Gasteiger partial charge >= 0.3 is 35.8 Å². The molecule has 0 radical (unpaired) electrons. The van der Waals surface area contributed by atoms with Crippen molar-refractivity contribution in [3.05, 3.63) is 57.9 Å². The van der Waals surface area contributed by atoms with Crippen LogP contribution >= 0.6 is 0 Å². The molecule has 0 spiro atoms. The van der Waals surface area contributed by atoms with Gasteiger partial charge in [0.2, 0.25) is 58.1 Å². The van der Waals surface area contributed by atoms with Crippen molar-refractivity contribution in [1.82, 2.24) is 10.1 Å². The van der Waals surface area contributed by atoms with Crippen molar-refractivity contribution in [2.24, 2.45) is 109 Å². The zero-order chi connectivity index (χ0) is 101. The lowest BCUT2D eigenvalue weighted by Gasteiger charge is -2.44. The number of carbonyl (C=O) groups is 10. The topological polar surface area (TPSA) is 257 Å². The van der Waals surface area contributed by atoms with Crippen LogP contribution in [-0.2, 0) is 67.1 Å². The number of aliphatic imine (C=N–C) groups is 2. The molecule has 4 amide bonds. The third-order valence-electron chi connectivity index (χ3n) is 23.0. The lowest BCUT2D eigenvalue weighted by molar-refractivity contribution is -0.210. The maximum atomic E-state index is 14.0. The number of hydrogen-bond acceptors (Lipinski definition) is 18. The summed E-state index contributed by atoms with van der Waals surface area (Å²) in [7, 11) is 0. The Labute approximate surface area is 752 Å². The van der Waals surface area contributed by atoms with Crippen LogP contribution in [0.2, 0.25) is 0 Å². The van der Waals surface area contributed by atoms with Crippen LogP contribution < -0.4 is 9.47 Å². The second-order valence-corrected chi connectivity index (χ2v) is 49.6. The van der Waals surface area contributed by atoms with Gasteiger partial charge in [0.15, 0.2) is 28.6 Å². The molecule has 6 rings (SSSR count). The number of esters is 4. The number of hydroxylamine groups is 4. The van der Waals surface area contributed by atoms with Crippen LogP contribution in [0.1, 0.15) is 367 Å². The van der Waals surface area contributed by atoms with Gasteiger partial charge < -0.3 is 28.6 Å². The number of amides is 4. The third kappa shape index (κ3) is 32.9. The number of imide groups is 2. The van der Waals surface area contributed by atoms with Gasteiger partial charge in [0.05, 0.1) is 22.7 Å². The quantitative estimate of drug-likeness (QED) is 0.0378. The van der Waals surface area contributed by atoms with Gasteiger partial charge in [0.1, 0.15) is 0 Å². The van der Waals surface area contributed by atoms with Crippen LogP contribution in [0.3, 0.4) is 0 Å². The van der Waals surface area contributed by atoms with E-state index in [9.17, 15) is 87.5 Å². The molecule has 6 unspecified atom stereocenters. The molecule has 726 valence electrons. The third-order valence-corrected chi connectivity index (χ3v) is 23.0. The van der Waals surface area contributed by atoms with E-state index in [1.807, 2.05) is 125 Å². The largest absolute Gasteiger partial charge is 0.420 e. The summed E-state index contributed by atoms with van der Waals surface area (Å²) in [6.07, 6.45) is 4.22. The minimum Gasteiger partial charge on any atom is -0.420 e. The molecule has 127 heavy (non-hydrogen) atoms. The zero-order valence-electron chi connectivity index (χ0n) is 85.0. The van der Waals surface area contributed by atoms with Crippen LogP contribution in [-0.4, -0.2) is 92.4 Å². The summed E-state index contributed by atoms with van der Waals surface area (Å²) in [6.45, 7) is 86.0. The molecule has 20 nitrogen and oxygen atoms in total. The summed E-state index contributed by atoms with van der Waals surface area (Å²) in [5, 5.41) is 1.26. The fourth-order valence-electron chi connectivity index (χ4n) is 14.2. The Morgan fingerprint density at radius 1 is 0.354 bits per heavy atom. The highest BCUT2D eigenvalue weighted by Gasteiger charge is 2.55. The van der Waals surface area contributed by atoms with Crippen LogP contribution in [0.4, 0.5) is 39.5 Å². The Morgan fingerprint density at radius 2 is 0.654 bits per heavy atom. The molecule has 0 N–H and O–H groups in total. The van der Waals surface area contributed by atoms with Gasteiger partial charge in [-0.05, 0) is 152 Å². The maximum absolute atomic E-state index is 14.0. The Bertz CT molecular complexity index is 4310. The highest BCUT2D eigenvalue weighted by Crippen LogP contribution is 2.53. The number of halogens is 9. The lowest BCUT2D eigenvalue weighted by Crippen LogP contribution is -2.47. The van der Waals surface area contributed by atoms with Gasteiger partial charge in [-0.1, -0.05) is 256 Å². The van der Waals surface area contributed by atoms with E-state index in [0.717, 1.165) is 19.8 Å². The van der Waals surface area contributed by atoms with Crippen molar-refractivity contribution >= 4 is 71.2 Å². The number of nitrogens with zero attached hydrogens (tertiary/aromatic N) is 4. The van der Waals surface area contributed by atoms with Crippen LogP contribution in [0.15, 0.2) is 9.98 Å². The average molecular weight is 1820 g/mol. The lowest BCUT2D eigenvalue weighted by atomic mass is 9.61. The van der Waals surface area contributed by atoms with Gasteiger partial charge in [-0.2, -0.15) is 17.6 Å². The molecule has 6 atom stereocenters. The van der Waals surface area contributed by atoms with Crippen molar-refractivity contribution in [3.8, 4) is 11.5 Å². The van der Waals surface area contributed by atoms with Gasteiger partial charge in [-0.15, -0.1) is 10.1 Å². The fraction of sp³-hybridized carbons (Fsp3) is 0.755. The van der Waals surface area contributed by atoms with Crippen molar-refractivity contribution in [2.75, 3.05) is 0 Å². The molecular formula is C98H155F9N4O16. The van der Waals surface area contributed by atoms with Gasteiger partial charge in [0, 0.05) is 42.6 Å². The van der Waals surface area contributed by atoms with Gasteiger partial charge in [-0.25, -0.2) is 51.1 Å². The molecule has 2 aromatic carbocycles. The van der Waals surface area contributed by atoms with Crippen LogP contribution in [0, 0.1) is 158 Å². The van der Waals surface area contributed by atoms with Crippen LogP contribution in [0.5, 0.6) is 11.5 Å². The Hall–Kier alpha value is -7.75. The molecule has 4 heterocycles. The SMILES string of the molecule is CC(C)(C)CC(C(=O)ON1C(=O)CCC1=O)C(C)(C)C.CC(C)(C)CC(C(=O)Oc1c(F)c(F)c(F)c(F)c1F)C(C)(C)C.CC(C)(C)CC(C)(C(=O)ON1C(=O)CCC1=O)C(C)(C)C.CC(C)(C)CC(C)(C1=NC(C)(C)C(=O)O1)C(C)(C)C.CC(C)(C)CC(C1=NC(C)(C)C(=O)O1)C(C)(C)C.Cc1c(F)c(F)c(OC(=O)C(C)(CC(C)(C)C)C(C)(C)C)c(F)c1F. The first-order valence-corrected chi connectivity index (χ1v) is 43.5. The Kier molecular flexibility index (Phi) is 37.8. The van der Waals surface area contributed by atoms with E-state index < -0.39 is 156 Å². The molecule has 0 aliphatic carbocycles. The number of benzene rings is 2. The standard InChI is InChI=1S/C19H26F4O2.C17H21F5O2.C16H27NO4.C16H29NO2.C15H25NO4.C15H27NO2/c1-10-11(20)13(22)15(14(23)12(10)21)25-16(24)19(8,18(5,6)7)9-17(2,3)4;1-16(2,3)7-8(17(4,5)6)15(23)24-14-12(21)10(19)9(18)11(20)13(14)22;1-14(2,3)10-16(7,15(4,5)6)13(20)21-17-11(18)8-9-12(17)19;1-13(2,3)10-16(9,14(4,5)6)11-17-15(7,8)12(18)19-11;1-14(2,3)9-10(15(4,5)6)13(19)20-16-11(17)7-8-12(16)18;1-13(2,3)9-10(14(4,5)6)11-16-15(7,8)12(17)18-11/h9H2,1-8H3;8H,7H2,1-6H3;8-10H2,1-7H3;10H2,1-9H3;10H,7-9H2,1-6H3;10H,9H2,1-8H3. The molecule has 0 aromatic heterocycles. The van der Waals surface area contributed by atoms with E-state index >= 15 is 0 Å².